The molecule has 1 fully saturated rings. The molecule has 2 N–H and O–H groups in total. The van der Waals surface area contributed by atoms with Crippen LogP contribution in [0.3, 0.4) is 0 Å². The van der Waals surface area contributed by atoms with E-state index in [1.165, 1.54) is 5.69 Å². The van der Waals surface area contributed by atoms with E-state index in [4.69, 9.17) is 0 Å². The van der Waals surface area contributed by atoms with Crippen molar-refractivity contribution in [1.29, 1.82) is 0 Å². The zero-order valence-electron chi connectivity index (χ0n) is 16.1. The highest BCUT2D eigenvalue weighted by Crippen LogP contribution is 2.21. The van der Waals surface area contributed by atoms with E-state index in [2.05, 4.69) is 56.6 Å². The maximum Gasteiger partial charge on any atom is 0.272 e. The van der Waals surface area contributed by atoms with E-state index >= 15 is 0 Å². The number of hydrogen-bond donors (Lipinski definition) is 2. The number of carbonyl (C=O) groups is 1. The van der Waals surface area contributed by atoms with Crippen molar-refractivity contribution in [2.45, 2.75) is 6.54 Å². The first-order valence-electron chi connectivity index (χ1n) is 9.60. The lowest BCUT2D eigenvalue weighted by Crippen LogP contribution is -2.44. The number of likely N-dealkylation sites (N-methyl/N-ethyl adjacent to an activating group) is 1. The Morgan fingerprint density at radius 2 is 1.75 bits per heavy atom. The first-order valence-corrected chi connectivity index (χ1v) is 9.60. The molecule has 144 valence electrons. The van der Waals surface area contributed by atoms with Crippen LogP contribution in [0, 0.1) is 0 Å². The molecule has 0 spiro atoms. The SMILES string of the molecule is CN1CCN(c2ccc(CNC(=O)c3n[nH]cc3-c3ccccc3)cc2)CC1. The van der Waals surface area contributed by atoms with Crippen molar-refractivity contribution in [2.24, 2.45) is 0 Å². The van der Waals surface area contributed by atoms with Crippen LogP contribution in [-0.4, -0.2) is 54.2 Å². The summed E-state index contributed by atoms with van der Waals surface area (Å²) < 4.78 is 0. The van der Waals surface area contributed by atoms with E-state index in [9.17, 15) is 4.79 Å². The molecule has 0 bridgehead atoms. The molecule has 0 saturated carbocycles. The number of carbonyl (C=O) groups excluding carboxylic acids is 1. The van der Waals surface area contributed by atoms with Crippen molar-refractivity contribution < 1.29 is 4.79 Å². The molecule has 1 aliphatic rings. The number of anilines is 1. The van der Waals surface area contributed by atoms with Crippen molar-refractivity contribution in [2.75, 3.05) is 38.1 Å². The van der Waals surface area contributed by atoms with Crippen LogP contribution in [0.4, 0.5) is 5.69 Å². The predicted octanol–water partition coefficient (Wildman–Crippen LogP) is 2.76. The highest BCUT2D eigenvalue weighted by Gasteiger charge is 2.16. The molecule has 6 nitrogen and oxygen atoms in total. The number of piperazine rings is 1. The van der Waals surface area contributed by atoms with Gasteiger partial charge in [0.25, 0.3) is 5.91 Å². The van der Waals surface area contributed by atoms with Crippen LogP contribution in [0.2, 0.25) is 0 Å². The molecule has 1 aliphatic heterocycles. The summed E-state index contributed by atoms with van der Waals surface area (Å²) in [5, 5.41) is 9.92. The number of amides is 1. The summed E-state index contributed by atoms with van der Waals surface area (Å²) in [7, 11) is 2.16. The Labute approximate surface area is 165 Å². The molecule has 0 radical (unpaired) electrons. The van der Waals surface area contributed by atoms with E-state index in [0.29, 0.717) is 12.2 Å². The summed E-state index contributed by atoms with van der Waals surface area (Å²) >= 11 is 0. The number of rotatable bonds is 5. The lowest BCUT2D eigenvalue weighted by atomic mass is 10.1. The number of benzene rings is 2. The monoisotopic (exact) mass is 375 g/mol. The Hall–Kier alpha value is -3.12. The molecule has 3 aromatic rings. The molecular formula is C22H25N5O. The van der Waals surface area contributed by atoms with Gasteiger partial charge in [0.15, 0.2) is 5.69 Å². The van der Waals surface area contributed by atoms with Gasteiger partial charge >= 0.3 is 0 Å². The third kappa shape index (κ3) is 4.07. The largest absolute Gasteiger partial charge is 0.369 e. The van der Waals surface area contributed by atoms with Gasteiger partial charge in [-0.3, -0.25) is 9.89 Å². The number of H-pyrrole nitrogens is 1. The molecule has 2 aromatic carbocycles. The molecule has 4 rings (SSSR count). The highest BCUT2D eigenvalue weighted by molar-refractivity contribution is 5.98. The minimum atomic E-state index is -0.178. The van der Waals surface area contributed by atoms with Crippen molar-refractivity contribution in [3.8, 4) is 11.1 Å². The van der Waals surface area contributed by atoms with Gasteiger partial charge in [-0.1, -0.05) is 42.5 Å². The van der Waals surface area contributed by atoms with Crippen LogP contribution in [0.15, 0.2) is 60.8 Å². The van der Waals surface area contributed by atoms with Gasteiger partial charge in [-0.25, -0.2) is 0 Å². The first-order chi connectivity index (χ1) is 13.7. The van der Waals surface area contributed by atoms with Gasteiger partial charge in [0.05, 0.1) is 0 Å². The van der Waals surface area contributed by atoms with Gasteiger partial charge in [-0.05, 0) is 30.3 Å². The third-order valence-corrected chi connectivity index (χ3v) is 5.20. The zero-order valence-corrected chi connectivity index (χ0v) is 16.1. The Morgan fingerprint density at radius 1 is 1.04 bits per heavy atom. The molecule has 1 amide bonds. The second kappa shape index (κ2) is 8.27. The molecule has 28 heavy (non-hydrogen) atoms. The number of aromatic nitrogens is 2. The summed E-state index contributed by atoms with van der Waals surface area (Å²) in [5.41, 5.74) is 4.51. The van der Waals surface area contributed by atoms with E-state index in [0.717, 1.165) is 42.9 Å². The second-order valence-corrected chi connectivity index (χ2v) is 7.15. The third-order valence-electron chi connectivity index (χ3n) is 5.20. The number of hydrogen-bond acceptors (Lipinski definition) is 4. The fourth-order valence-electron chi connectivity index (χ4n) is 3.46. The van der Waals surface area contributed by atoms with Gasteiger partial charge in [0, 0.05) is 50.2 Å². The normalized spacial score (nSPS) is 14.8. The predicted molar refractivity (Wildman–Crippen MR) is 111 cm³/mol. The van der Waals surface area contributed by atoms with Crippen LogP contribution in [0.1, 0.15) is 16.1 Å². The van der Waals surface area contributed by atoms with Crippen molar-refractivity contribution in [1.82, 2.24) is 20.4 Å². The molecule has 0 aliphatic carbocycles. The van der Waals surface area contributed by atoms with Gasteiger partial charge in [-0.2, -0.15) is 5.10 Å². The van der Waals surface area contributed by atoms with Gasteiger partial charge in [-0.15, -0.1) is 0 Å². The van der Waals surface area contributed by atoms with Crippen molar-refractivity contribution in [3.05, 3.63) is 72.1 Å². The Kier molecular flexibility index (Phi) is 5.39. The Balaban J connectivity index is 1.37. The summed E-state index contributed by atoms with van der Waals surface area (Å²) in [6.07, 6.45) is 1.76. The summed E-state index contributed by atoms with van der Waals surface area (Å²) in [4.78, 5) is 17.4. The standard InChI is InChI=1S/C22H25N5O/c1-26-11-13-27(14-12-26)19-9-7-17(8-10-19)15-23-22(28)21-20(16-24-25-21)18-5-3-2-4-6-18/h2-10,16H,11-15H2,1H3,(H,23,28)(H,24,25). The van der Waals surface area contributed by atoms with E-state index in [1.807, 2.05) is 30.3 Å². The molecule has 6 heteroatoms. The maximum atomic E-state index is 12.6. The summed E-state index contributed by atoms with van der Waals surface area (Å²) in [6, 6.07) is 18.2. The number of nitrogens with zero attached hydrogens (tertiary/aromatic N) is 3. The van der Waals surface area contributed by atoms with Crippen molar-refractivity contribution in [3.63, 3.8) is 0 Å². The van der Waals surface area contributed by atoms with Crippen LogP contribution >= 0.6 is 0 Å². The quantitative estimate of drug-likeness (QED) is 0.720. The van der Waals surface area contributed by atoms with Crippen LogP contribution in [0.5, 0.6) is 0 Å². The van der Waals surface area contributed by atoms with Gasteiger partial charge < -0.3 is 15.1 Å². The van der Waals surface area contributed by atoms with E-state index in [1.54, 1.807) is 6.20 Å². The fourth-order valence-corrected chi connectivity index (χ4v) is 3.46. The molecule has 1 saturated heterocycles. The van der Waals surface area contributed by atoms with Crippen molar-refractivity contribution >= 4 is 11.6 Å². The average Bonchev–Trinajstić information content (AvgIpc) is 3.24. The summed E-state index contributed by atoms with van der Waals surface area (Å²) in [5.74, 6) is -0.178. The Bertz CT molecular complexity index is 912. The minimum absolute atomic E-state index is 0.178. The molecule has 2 heterocycles. The van der Waals surface area contributed by atoms with Gasteiger partial charge in [0.1, 0.15) is 0 Å². The van der Waals surface area contributed by atoms with Crippen LogP contribution < -0.4 is 10.2 Å². The number of nitrogens with one attached hydrogen (secondary N) is 2. The smallest absolute Gasteiger partial charge is 0.272 e. The lowest BCUT2D eigenvalue weighted by molar-refractivity contribution is 0.0946. The molecule has 0 unspecified atom stereocenters. The van der Waals surface area contributed by atoms with E-state index < -0.39 is 0 Å². The topological polar surface area (TPSA) is 64.3 Å². The second-order valence-electron chi connectivity index (χ2n) is 7.15. The fraction of sp³-hybridized carbons (Fsp3) is 0.273. The summed E-state index contributed by atoms with van der Waals surface area (Å²) in [6.45, 7) is 4.75. The van der Waals surface area contributed by atoms with Gasteiger partial charge in [0.2, 0.25) is 0 Å². The minimum Gasteiger partial charge on any atom is -0.369 e. The molecule has 0 atom stereocenters. The maximum absolute atomic E-state index is 12.6. The lowest BCUT2D eigenvalue weighted by Gasteiger charge is -2.34. The first kappa shape index (κ1) is 18.3. The molecular weight excluding hydrogens is 350 g/mol. The zero-order chi connectivity index (χ0) is 19.3. The van der Waals surface area contributed by atoms with Crippen LogP contribution in [-0.2, 0) is 6.54 Å². The highest BCUT2D eigenvalue weighted by atomic mass is 16.1. The van der Waals surface area contributed by atoms with E-state index in [-0.39, 0.29) is 5.91 Å². The molecule has 1 aromatic heterocycles. The number of aromatic amines is 1. The average molecular weight is 375 g/mol. The van der Waals surface area contributed by atoms with Crippen LogP contribution in [0.25, 0.3) is 11.1 Å². The Morgan fingerprint density at radius 3 is 2.46 bits per heavy atom.